The van der Waals surface area contributed by atoms with Gasteiger partial charge in [-0.1, -0.05) is 18.2 Å². The van der Waals surface area contributed by atoms with Crippen LogP contribution in [0.25, 0.3) is 0 Å². The van der Waals surface area contributed by atoms with Crippen LogP contribution in [0.2, 0.25) is 0 Å². The monoisotopic (exact) mass is 513 g/mol. The average Bonchev–Trinajstić information content (AvgIpc) is 3.52. The highest BCUT2D eigenvalue weighted by Crippen LogP contribution is 2.55. The van der Waals surface area contributed by atoms with Crippen LogP contribution in [-0.4, -0.2) is 34.9 Å². The largest absolute Gasteiger partial charge is 0.494 e. The van der Waals surface area contributed by atoms with Gasteiger partial charge >= 0.3 is 6.03 Å². The van der Waals surface area contributed by atoms with Crippen LogP contribution in [0.3, 0.4) is 0 Å². The zero-order chi connectivity index (χ0) is 25.6. The molecule has 3 fully saturated rings. The number of rotatable bonds is 8. The highest BCUT2D eigenvalue weighted by Gasteiger charge is 2.47. The van der Waals surface area contributed by atoms with Crippen molar-refractivity contribution in [3.8, 4) is 5.75 Å². The lowest BCUT2D eigenvalue weighted by Crippen LogP contribution is -2.42. The fourth-order valence-electron chi connectivity index (χ4n) is 5.99. The lowest BCUT2D eigenvalue weighted by atomic mass is 9.86. The highest BCUT2D eigenvalue weighted by molar-refractivity contribution is 5.89. The number of urea groups is 1. The van der Waals surface area contributed by atoms with E-state index < -0.39 is 0 Å². The number of hydrogen-bond acceptors (Lipinski definition) is 6. The summed E-state index contributed by atoms with van der Waals surface area (Å²) < 4.78 is 12.2. The SMILES string of the molecule is CCOc1ccc2c(c1)N(C1CCC1)C(c1ccc(NC(=O)NC3CCC3)cc1)C2c1nnc(C2CC2)o1. The summed E-state index contributed by atoms with van der Waals surface area (Å²) in [6.45, 7) is 2.65. The van der Waals surface area contributed by atoms with Crippen LogP contribution in [0.1, 0.15) is 99.1 Å². The Balaban J connectivity index is 1.24. The smallest absolute Gasteiger partial charge is 0.319 e. The Labute approximate surface area is 223 Å². The van der Waals surface area contributed by atoms with Gasteiger partial charge in [-0.15, -0.1) is 10.2 Å². The van der Waals surface area contributed by atoms with Gasteiger partial charge in [0, 0.05) is 35.4 Å². The van der Waals surface area contributed by atoms with Gasteiger partial charge in [-0.25, -0.2) is 4.79 Å². The van der Waals surface area contributed by atoms with Gasteiger partial charge < -0.3 is 24.7 Å². The number of nitrogens with zero attached hydrogens (tertiary/aromatic N) is 3. The topological polar surface area (TPSA) is 92.5 Å². The molecule has 2 N–H and O–H groups in total. The molecule has 8 heteroatoms. The van der Waals surface area contributed by atoms with Crippen molar-refractivity contribution in [2.24, 2.45) is 0 Å². The Morgan fingerprint density at radius 2 is 1.76 bits per heavy atom. The summed E-state index contributed by atoms with van der Waals surface area (Å²) in [6, 6.07) is 15.4. The van der Waals surface area contributed by atoms with Crippen LogP contribution >= 0.6 is 0 Å². The van der Waals surface area contributed by atoms with Crippen LogP contribution in [0.5, 0.6) is 5.75 Å². The van der Waals surface area contributed by atoms with Gasteiger partial charge in [-0.05, 0) is 87.6 Å². The van der Waals surface area contributed by atoms with Crippen molar-refractivity contribution in [1.29, 1.82) is 0 Å². The summed E-state index contributed by atoms with van der Waals surface area (Å²) >= 11 is 0. The van der Waals surface area contributed by atoms with Crippen molar-refractivity contribution in [3.63, 3.8) is 0 Å². The van der Waals surface area contributed by atoms with E-state index in [-0.39, 0.29) is 18.0 Å². The number of aromatic nitrogens is 2. The fraction of sp³-hybridized carbons (Fsp3) is 0.500. The Morgan fingerprint density at radius 3 is 2.42 bits per heavy atom. The molecule has 0 bridgehead atoms. The lowest BCUT2D eigenvalue weighted by Gasteiger charge is -2.42. The molecule has 7 rings (SSSR count). The van der Waals surface area contributed by atoms with Crippen molar-refractivity contribution in [3.05, 3.63) is 65.4 Å². The maximum Gasteiger partial charge on any atom is 0.319 e. The first-order valence-corrected chi connectivity index (χ1v) is 14.2. The van der Waals surface area contributed by atoms with Crippen LogP contribution in [0.4, 0.5) is 16.2 Å². The molecule has 38 heavy (non-hydrogen) atoms. The summed E-state index contributed by atoms with van der Waals surface area (Å²) in [5.74, 6) is 2.69. The zero-order valence-electron chi connectivity index (χ0n) is 21.9. The normalized spacial score (nSPS) is 22.9. The van der Waals surface area contributed by atoms with E-state index in [2.05, 4.69) is 56.1 Å². The number of hydrogen-bond donors (Lipinski definition) is 2. The number of ether oxygens (including phenoxy) is 1. The maximum absolute atomic E-state index is 12.4. The van der Waals surface area contributed by atoms with Gasteiger partial charge in [0.1, 0.15) is 5.75 Å². The molecular weight excluding hydrogens is 478 g/mol. The summed E-state index contributed by atoms with van der Waals surface area (Å²) in [5.41, 5.74) is 4.37. The lowest BCUT2D eigenvalue weighted by molar-refractivity contribution is 0.240. The van der Waals surface area contributed by atoms with E-state index in [1.54, 1.807) is 0 Å². The van der Waals surface area contributed by atoms with E-state index in [0.29, 0.717) is 30.5 Å². The van der Waals surface area contributed by atoms with E-state index >= 15 is 0 Å². The Morgan fingerprint density at radius 1 is 1.00 bits per heavy atom. The van der Waals surface area contributed by atoms with Crippen molar-refractivity contribution < 1.29 is 13.9 Å². The second kappa shape index (κ2) is 9.64. The molecular formula is C30H35N5O3. The predicted octanol–water partition coefficient (Wildman–Crippen LogP) is 6.27. The maximum atomic E-state index is 12.4. The van der Waals surface area contributed by atoms with E-state index in [1.807, 2.05) is 19.1 Å². The Hall–Kier alpha value is -3.55. The molecule has 198 valence electrons. The molecule has 1 aliphatic heterocycles. The Kier molecular flexibility index (Phi) is 5.98. The molecule has 3 aliphatic carbocycles. The minimum atomic E-state index is -0.133. The number of nitrogens with one attached hydrogen (secondary N) is 2. The quantitative estimate of drug-likeness (QED) is 0.369. The number of benzene rings is 2. The molecule has 2 heterocycles. The highest BCUT2D eigenvalue weighted by atomic mass is 16.5. The number of fused-ring (bicyclic) bond motifs is 1. The molecule has 0 radical (unpaired) electrons. The summed E-state index contributed by atoms with van der Waals surface area (Å²) in [7, 11) is 0. The van der Waals surface area contributed by atoms with Gasteiger partial charge in [-0.2, -0.15) is 0 Å². The molecule has 0 spiro atoms. The number of amides is 2. The third-order valence-corrected chi connectivity index (χ3v) is 8.61. The van der Waals surface area contributed by atoms with Crippen LogP contribution in [0, 0.1) is 0 Å². The van der Waals surface area contributed by atoms with Gasteiger partial charge in [0.15, 0.2) is 0 Å². The summed E-state index contributed by atoms with van der Waals surface area (Å²) in [4.78, 5) is 15.0. The molecule has 3 aromatic rings. The minimum absolute atomic E-state index is 0.0255. The fourth-order valence-corrected chi connectivity index (χ4v) is 5.99. The third kappa shape index (κ3) is 4.29. The molecule has 2 unspecified atom stereocenters. The number of carbonyl (C=O) groups excluding carboxylic acids is 1. The third-order valence-electron chi connectivity index (χ3n) is 8.61. The van der Waals surface area contributed by atoms with Gasteiger partial charge in [0.05, 0.1) is 18.6 Å². The molecule has 8 nitrogen and oxygen atoms in total. The number of carbonyl (C=O) groups is 1. The van der Waals surface area contributed by atoms with E-state index in [9.17, 15) is 4.79 Å². The number of anilines is 2. The molecule has 3 saturated carbocycles. The second-order valence-corrected chi connectivity index (χ2v) is 11.2. The molecule has 2 atom stereocenters. The minimum Gasteiger partial charge on any atom is -0.494 e. The van der Waals surface area contributed by atoms with Crippen LogP contribution in [0.15, 0.2) is 46.9 Å². The van der Waals surface area contributed by atoms with Crippen molar-refractivity contribution >= 4 is 17.4 Å². The first-order valence-electron chi connectivity index (χ1n) is 14.2. The van der Waals surface area contributed by atoms with Crippen molar-refractivity contribution in [2.75, 3.05) is 16.8 Å². The summed E-state index contributed by atoms with van der Waals surface area (Å²) in [6.07, 6.45) is 9.15. The van der Waals surface area contributed by atoms with Crippen LogP contribution in [-0.2, 0) is 0 Å². The van der Waals surface area contributed by atoms with Gasteiger partial charge in [0.2, 0.25) is 11.8 Å². The zero-order valence-corrected chi connectivity index (χ0v) is 21.9. The second-order valence-electron chi connectivity index (χ2n) is 11.2. The molecule has 4 aliphatic rings. The van der Waals surface area contributed by atoms with Crippen molar-refractivity contribution in [1.82, 2.24) is 15.5 Å². The summed E-state index contributed by atoms with van der Waals surface area (Å²) in [5, 5.41) is 15.1. The van der Waals surface area contributed by atoms with E-state index in [4.69, 9.17) is 9.15 Å². The average molecular weight is 514 g/mol. The first kappa shape index (κ1) is 23.6. The van der Waals surface area contributed by atoms with Gasteiger partial charge in [-0.3, -0.25) is 0 Å². The predicted molar refractivity (Wildman–Crippen MR) is 145 cm³/mol. The molecule has 2 amide bonds. The van der Waals surface area contributed by atoms with E-state index in [1.165, 1.54) is 42.5 Å². The van der Waals surface area contributed by atoms with E-state index in [0.717, 1.165) is 43.0 Å². The van der Waals surface area contributed by atoms with Gasteiger partial charge in [0.25, 0.3) is 0 Å². The van der Waals surface area contributed by atoms with Crippen LogP contribution < -0.4 is 20.3 Å². The first-order chi connectivity index (χ1) is 18.7. The molecule has 1 aromatic heterocycles. The standard InChI is InChI=1S/C30H35N5O3/c1-2-37-23-15-16-24-25(17-23)35(22-7-4-8-22)27(26(24)29-34-33-28(38-29)19-9-10-19)18-11-13-21(14-12-18)32-30(36)31-20-5-3-6-20/h11-17,19-20,22,26-27H,2-10H2,1H3,(H2,31,32,36). The molecule has 0 saturated heterocycles. The Bertz CT molecular complexity index is 1310. The molecule has 2 aromatic carbocycles. The van der Waals surface area contributed by atoms with Crippen molar-refractivity contribution in [2.45, 2.75) is 88.3 Å².